The van der Waals surface area contributed by atoms with E-state index in [0.29, 0.717) is 42.6 Å². The Morgan fingerprint density at radius 2 is 2.07 bits per heavy atom. The lowest BCUT2D eigenvalue weighted by Crippen LogP contribution is -2.39. The van der Waals surface area contributed by atoms with Crippen molar-refractivity contribution < 1.29 is 18.5 Å². The average Bonchev–Trinajstić information content (AvgIpc) is 3.37. The van der Waals surface area contributed by atoms with Crippen LogP contribution in [-0.4, -0.2) is 29.7 Å². The number of para-hydroxylation sites is 1. The van der Waals surface area contributed by atoms with E-state index < -0.39 is 0 Å². The highest BCUT2D eigenvalue weighted by Crippen LogP contribution is 2.30. The quantitative estimate of drug-likeness (QED) is 0.647. The summed E-state index contributed by atoms with van der Waals surface area (Å²) in [6.45, 7) is 3.27. The Balaban J connectivity index is 1.77. The van der Waals surface area contributed by atoms with Crippen molar-refractivity contribution in [3.05, 3.63) is 60.2 Å². The van der Waals surface area contributed by atoms with Crippen LogP contribution in [0.2, 0.25) is 0 Å². The van der Waals surface area contributed by atoms with Crippen LogP contribution in [0, 0.1) is 0 Å². The Hall–Kier alpha value is -3.22. The van der Waals surface area contributed by atoms with Crippen molar-refractivity contribution in [2.75, 3.05) is 13.7 Å². The number of carbonyl (C=O) groups is 1. The fourth-order valence-electron chi connectivity index (χ4n) is 2.69. The number of nitrogens with zero attached hydrogens (tertiary/aromatic N) is 2. The largest absolute Gasteiger partial charge is 0.496 e. The molecule has 0 atom stereocenters. The van der Waals surface area contributed by atoms with Crippen molar-refractivity contribution >= 4 is 6.03 Å². The number of benzene rings is 1. The van der Waals surface area contributed by atoms with E-state index >= 15 is 0 Å². The molecule has 3 aromatic rings. The van der Waals surface area contributed by atoms with Gasteiger partial charge in [-0.15, -0.1) is 0 Å². The lowest BCUT2D eigenvalue weighted by atomic mass is 10.1. The van der Waals surface area contributed by atoms with E-state index in [1.807, 2.05) is 43.3 Å². The third kappa shape index (κ3) is 4.69. The van der Waals surface area contributed by atoms with Gasteiger partial charge in [0.25, 0.3) is 0 Å². The third-order valence-electron chi connectivity index (χ3n) is 4.02. The van der Waals surface area contributed by atoms with Crippen LogP contribution < -0.4 is 10.1 Å². The van der Waals surface area contributed by atoms with Gasteiger partial charge in [-0.3, -0.25) is 0 Å². The Morgan fingerprint density at radius 3 is 2.81 bits per heavy atom. The highest BCUT2D eigenvalue weighted by atomic mass is 16.5. The molecule has 2 amide bonds. The van der Waals surface area contributed by atoms with E-state index in [1.54, 1.807) is 24.3 Å². The van der Waals surface area contributed by atoms with Gasteiger partial charge >= 0.3 is 6.03 Å². The van der Waals surface area contributed by atoms with Gasteiger partial charge < -0.3 is 23.9 Å². The van der Waals surface area contributed by atoms with Crippen LogP contribution in [0.3, 0.4) is 0 Å². The normalized spacial score (nSPS) is 10.6. The van der Waals surface area contributed by atoms with Crippen LogP contribution >= 0.6 is 0 Å². The van der Waals surface area contributed by atoms with E-state index in [4.69, 9.17) is 13.7 Å². The first-order chi connectivity index (χ1) is 13.2. The first-order valence-electron chi connectivity index (χ1n) is 8.85. The molecule has 2 aromatic heterocycles. The molecule has 0 saturated heterocycles. The maximum absolute atomic E-state index is 12.5. The molecule has 1 N–H and O–H groups in total. The molecule has 0 aliphatic heterocycles. The lowest BCUT2D eigenvalue weighted by molar-refractivity contribution is 0.185. The van der Waals surface area contributed by atoms with E-state index in [2.05, 4.69) is 10.5 Å². The fraction of sp³-hybridized carbons (Fsp3) is 0.300. The molecule has 3 rings (SSSR count). The van der Waals surface area contributed by atoms with E-state index in [9.17, 15) is 4.79 Å². The monoisotopic (exact) mass is 369 g/mol. The zero-order chi connectivity index (χ0) is 19.1. The molecule has 7 heteroatoms. The summed E-state index contributed by atoms with van der Waals surface area (Å²) < 4.78 is 16.2. The van der Waals surface area contributed by atoms with Crippen LogP contribution in [0.1, 0.15) is 24.8 Å². The number of furan rings is 1. The number of rotatable bonds is 8. The van der Waals surface area contributed by atoms with Gasteiger partial charge in [0, 0.05) is 12.6 Å². The Kier molecular flexibility index (Phi) is 6.14. The molecule has 0 unspecified atom stereocenters. The van der Waals surface area contributed by atoms with Gasteiger partial charge in [-0.1, -0.05) is 24.2 Å². The molecule has 142 valence electrons. The minimum absolute atomic E-state index is 0.171. The lowest BCUT2D eigenvalue weighted by Gasteiger charge is -2.20. The van der Waals surface area contributed by atoms with Gasteiger partial charge in [-0.05, 0) is 30.7 Å². The number of ether oxygens (including phenoxy) is 1. The summed E-state index contributed by atoms with van der Waals surface area (Å²) in [5.41, 5.74) is 1.46. The molecule has 2 heterocycles. The summed E-state index contributed by atoms with van der Waals surface area (Å²) in [7, 11) is 1.61. The molecule has 0 radical (unpaired) electrons. The molecular weight excluding hydrogens is 346 g/mol. The minimum Gasteiger partial charge on any atom is -0.496 e. The summed E-state index contributed by atoms with van der Waals surface area (Å²) in [6, 6.07) is 12.8. The van der Waals surface area contributed by atoms with Crippen molar-refractivity contribution in [2.24, 2.45) is 0 Å². The second-order valence-electron chi connectivity index (χ2n) is 6.05. The number of methoxy groups -OCH3 is 1. The zero-order valence-electron chi connectivity index (χ0n) is 15.5. The molecule has 0 aliphatic carbocycles. The van der Waals surface area contributed by atoms with Crippen LogP contribution in [0.15, 0.2) is 57.7 Å². The molecule has 27 heavy (non-hydrogen) atoms. The maximum Gasteiger partial charge on any atom is 0.318 e. The predicted molar refractivity (Wildman–Crippen MR) is 100 cm³/mol. The third-order valence-corrected chi connectivity index (χ3v) is 4.02. The summed E-state index contributed by atoms with van der Waals surface area (Å²) in [5, 5.41) is 7.01. The van der Waals surface area contributed by atoms with Crippen LogP contribution in [0.4, 0.5) is 4.79 Å². The SMILES string of the molecule is CCCNC(=O)N(Cc1cc(-c2ccccc2OC)on1)Cc1ccco1. The standard InChI is InChI=1S/C20H23N3O4/c1-3-10-21-20(24)23(14-16-7-6-11-26-16)13-15-12-19(27-22-15)17-8-4-5-9-18(17)25-2/h4-9,11-12H,3,10,13-14H2,1-2H3,(H,21,24). The van der Waals surface area contributed by atoms with Gasteiger partial charge in [0.15, 0.2) is 5.76 Å². The Labute approximate surface area is 157 Å². The second kappa shape index (κ2) is 8.93. The number of hydrogen-bond acceptors (Lipinski definition) is 5. The smallest absolute Gasteiger partial charge is 0.318 e. The molecular formula is C20H23N3O4. The number of amides is 2. The van der Waals surface area contributed by atoms with Gasteiger partial charge in [0.2, 0.25) is 0 Å². The summed E-state index contributed by atoms with van der Waals surface area (Å²) in [6.07, 6.45) is 2.45. The minimum atomic E-state index is -0.171. The maximum atomic E-state index is 12.5. The van der Waals surface area contributed by atoms with Crippen molar-refractivity contribution in [3.8, 4) is 17.1 Å². The first kappa shape index (κ1) is 18.6. The number of nitrogens with one attached hydrogen (secondary N) is 1. The number of carbonyl (C=O) groups excluding carboxylic acids is 1. The van der Waals surface area contributed by atoms with Gasteiger partial charge in [-0.25, -0.2) is 4.79 Å². The van der Waals surface area contributed by atoms with Gasteiger partial charge in [0.05, 0.1) is 32.0 Å². The predicted octanol–water partition coefficient (Wildman–Crippen LogP) is 4.07. The number of urea groups is 1. The number of aromatic nitrogens is 1. The van der Waals surface area contributed by atoms with E-state index in [-0.39, 0.29) is 6.03 Å². The molecule has 0 saturated carbocycles. The van der Waals surface area contributed by atoms with Crippen LogP contribution in [0.25, 0.3) is 11.3 Å². The van der Waals surface area contributed by atoms with Crippen LogP contribution in [-0.2, 0) is 13.1 Å². The molecule has 0 aliphatic rings. The molecule has 1 aromatic carbocycles. The summed E-state index contributed by atoms with van der Waals surface area (Å²) >= 11 is 0. The van der Waals surface area contributed by atoms with Crippen molar-refractivity contribution in [2.45, 2.75) is 26.4 Å². The van der Waals surface area contributed by atoms with E-state index in [1.165, 1.54) is 0 Å². The Bertz CT molecular complexity index is 858. The van der Waals surface area contributed by atoms with Crippen molar-refractivity contribution in [1.29, 1.82) is 0 Å². The zero-order valence-corrected chi connectivity index (χ0v) is 15.5. The fourth-order valence-corrected chi connectivity index (χ4v) is 2.69. The van der Waals surface area contributed by atoms with Crippen molar-refractivity contribution in [1.82, 2.24) is 15.4 Å². The van der Waals surface area contributed by atoms with E-state index in [0.717, 1.165) is 12.0 Å². The average molecular weight is 369 g/mol. The molecule has 0 fully saturated rings. The number of hydrogen-bond donors (Lipinski definition) is 1. The van der Waals surface area contributed by atoms with Gasteiger partial charge in [-0.2, -0.15) is 0 Å². The summed E-state index contributed by atoms with van der Waals surface area (Å²) in [5.74, 6) is 2.00. The molecule has 0 spiro atoms. The first-order valence-corrected chi connectivity index (χ1v) is 8.85. The Morgan fingerprint density at radius 1 is 1.22 bits per heavy atom. The van der Waals surface area contributed by atoms with Gasteiger partial charge in [0.1, 0.15) is 17.2 Å². The topological polar surface area (TPSA) is 80.7 Å². The molecule has 0 bridgehead atoms. The highest BCUT2D eigenvalue weighted by Gasteiger charge is 2.19. The second-order valence-corrected chi connectivity index (χ2v) is 6.05. The highest BCUT2D eigenvalue weighted by molar-refractivity contribution is 5.74. The van der Waals surface area contributed by atoms with Crippen molar-refractivity contribution in [3.63, 3.8) is 0 Å². The van der Waals surface area contributed by atoms with Crippen LogP contribution in [0.5, 0.6) is 5.75 Å². The summed E-state index contributed by atoms with van der Waals surface area (Å²) in [4.78, 5) is 14.1. The molecule has 7 nitrogen and oxygen atoms in total.